The summed E-state index contributed by atoms with van der Waals surface area (Å²) in [6.07, 6.45) is 1.26. The number of hydrogen-bond acceptors (Lipinski definition) is 5. The van der Waals surface area contributed by atoms with E-state index in [1.165, 1.54) is 4.88 Å². The number of carbonyl (C=O) groups is 1. The number of nitrogens with two attached hydrogens (primary N) is 1. The van der Waals surface area contributed by atoms with Gasteiger partial charge in [0.05, 0.1) is 19.8 Å². The highest BCUT2D eigenvalue weighted by Crippen LogP contribution is 2.29. The van der Waals surface area contributed by atoms with E-state index >= 15 is 0 Å². The molecule has 1 aromatic carbocycles. The Morgan fingerprint density at radius 1 is 1.29 bits per heavy atom. The summed E-state index contributed by atoms with van der Waals surface area (Å²) < 4.78 is 10.8. The summed E-state index contributed by atoms with van der Waals surface area (Å²) in [5, 5.41) is 2.95. The molecule has 0 radical (unpaired) electrons. The molecule has 0 bridgehead atoms. The van der Waals surface area contributed by atoms with Crippen molar-refractivity contribution in [3.63, 3.8) is 0 Å². The second-order valence-electron chi connectivity index (χ2n) is 5.77. The van der Waals surface area contributed by atoms with Crippen LogP contribution in [0.5, 0.6) is 5.75 Å². The van der Waals surface area contributed by atoms with Gasteiger partial charge in [0.15, 0.2) is 0 Å². The smallest absolute Gasteiger partial charge is 0.249 e. The quantitative estimate of drug-likeness (QED) is 0.843. The fourth-order valence-electron chi connectivity index (χ4n) is 2.74. The molecule has 1 aliphatic rings. The zero-order valence-corrected chi connectivity index (χ0v) is 14.5. The van der Waals surface area contributed by atoms with Crippen LogP contribution < -0.4 is 15.8 Å². The summed E-state index contributed by atoms with van der Waals surface area (Å²) in [5.41, 5.74) is 6.72. The lowest BCUT2D eigenvalue weighted by atomic mass is 10.2. The predicted molar refractivity (Wildman–Crippen MR) is 95.1 cm³/mol. The van der Waals surface area contributed by atoms with Gasteiger partial charge in [0.1, 0.15) is 11.9 Å². The number of ether oxygens (including phenoxy) is 2. The molecular formula is C18H22N2O3S. The van der Waals surface area contributed by atoms with Gasteiger partial charge >= 0.3 is 0 Å². The van der Waals surface area contributed by atoms with Crippen molar-refractivity contribution < 1.29 is 14.3 Å². The first-order valence-electron chi connectivity index (χ1n) is 8.06. The monoisotopic (exact) mass is 346 g/mol. The molecule has 2 aromatic rings. The molecular weight excluding hydrogens is 324 g/mol. The molecule has 0 spiro atoms. The molecule has 3 N–H and O–H groups in total. The van der Waals surface area contributed by atoms with Crippen molar-refractivity contribution in [1.82, 2.24) is 5.32 Å². The van der Waals surface area contributed by atoms with E-state index in [2.05, 4.69) is 11.4 Å². The number of amides is 1. The van der Waals surface area contributed by atoms with Crippen LogP contribution in [0.3, 0.4) is 0 Å². The Morgan fingerprint density at radius 3 is 2.75 bits per heavy atom. The maximum atomic E-state index is 12.1. The summed E-state index contributed by atoms with van der Waals surface area (Å²) in [6, 6.07) is 12.1. The molecule has 128 valence electrons. The predicted octanol–water partition coefficient (Wildman–Crippen LogP) is 2.55. The first-order chi connectivity index (χ1) is 11.7. The van der Waals surface area contributed by atoms with Crippen molar-refractivity contribution in [3.8, 4) is 16.2 Å². The number of nitrogens with one attached hydrogen (secondary N) is 1. The van der Waals surface area contributed by atoms with Gasteiger partial charge in [-0.3, -0.25) is 4.79 Å². The molecule has 1 saturated heterocycles. The minimum atomic E-state index is -0.362. The van der Waals surface area contributed by atoms with Crippen LogP contribution in [0.2, 0.25) is 0 Å². The van der Waals surface area contributed by atoms with Gasteiger partial charge in [-0.15, -0.1) is 11.3 Å². The van der Waals surface area contributed by atoms with Crippen LogP contribution in [-0.2, 0) is 16.1 Å². The molecule has 3 rings (SSSR count). The second kappa shape index (κ2) is 7.79. The summed E-state index contributed by atoms with van der Waals surface area (Å²) in [4.78, 5) is 14.4. The lowest BCUT2D eigenvalue weighted by molar-refractivity contribution is -0.132. The molecule has 0 aliphatic carbocycles. The molecule has 1 amide bonds. The molecule has 24 heavy (non-hydrogen) atoms. The summed E-state index contributed by atoms with van der Waals surface area (Å²) in [6.45, 7) is 0.993. The Kier molecular flexibility index (Phi) is 5.50. The minimum Gasteiger partial charge on any atom is -0.497 e. The van der Waals surface area contributed by atoms with Crippen molar-refractivity contribution in [1.29, 1.82) is 0 Å². The fourth-order valence-corrected chi connectivity index (χ4v) is 3.70. The van der Waals surface area contributed by atoms with E-state index < -0.39 is 0 Å². The van der Waals surface area contributed by atoms with E-state index in [1.807, 2.05) is 30.3 Å². The van der Waals surface area contributed by atoms with Crippen LogP contribution in [0.25, 0.3) is 10.4 Å². The number of benzene rings is 1. The van der Waals surface area contributed by atoms with Gasteiger partial charge in [0.25, 0.3) is 0 Å². The molecule has 2 atom stereocenters. The van der Waals surface area contributed by atoms with Gasteiger partial charge in [-0.05, 0) is 54.8 Å². The second-order valence-corrected chi connectivity index (χ2v) is 6.94. The maximum absolute atomic E-state index is 12.1. The molecule has 0 unspecified atom stereocenters. The van der Waals surface area contributed by atoms with Gasteiger partial charge in [-0.1, -0.05) is 0 Å². The zero-order valence-electron chi connectivity index (χ0n) is 13.7. The highest BCUT2D eigenvalue weighted by Gasteiger charge is 2.29. The highest BCUT2D eigenvalue weighted by atomic mass is 32.1. The highest BCUT2D eigenvalue weighted by molar-refractivity contribution is 7.15. The van der Waals surface area contributed by atoms with Gasteiger partial charge in [-0.2, -0.15) is 0 Å². The molecule has 6 heteroatoms. The minimum absolute atomic E-state index is 0.0177. The Morgan fingerprint density at radius 2 is 2.08 bits per heavy atom. The lowest BCUT2D eigenvalue weighted by Crippen LogP contribution is -2.34. The normalized spacial score (nSPS) is 20.1. The number of thiophene rings is 1. The Hall–Kier alpha value is -1.89. The van der Waals surface area contributed by atoms with Gasteiger partial charge < -0.3 is 20.5 Å². The molecule has 5 nitrogen and oxygen atoms in total. The van der Waals surface area contributed by atoms with Crippen LogP contribution in [0, 0.1) is 0 Å². The first-order valence-corrected chi connectivity index (χ1v) is 8.87. The van der Waals surface area contributed by atoms with Crippen molar-refractivity contribution in [3.05, 3.63) is 41.3 Å². The summed E-state index contributed by atoms with van der Waals surface area (Å²) >= 11 is 1.67. The average molecular weight is 346 g/mol. The fraction of sp³-hybridized carbons (Fsp3) is 0.389. The van der Waals surface area contributed by atoms with Crippen molar-refractivity contribution in [2.45, 2.75) is 31.6 Å². The molecule has 2 heterocycles. The third-order valence-corrected chi connectivity index (χ3v) is 5.27. The van der Waals surface area contributed by atoms with Gasteiger partial charge in [-0.25, -0.2) is 0 Å². The molecule has 1 aromatic heterocycles. The number of hydrogen-bond donors (Lipinski definition) is 2. The first kappa shape index (κ1) is 17.0. The van der Waals surface area contributed by atoms with Crippen LogP contribution in [-0.4, -0.2) is 31.8 Å². The number of carbonyl (C=O) groups excluding carboxylic acids is 1. The van der Waals surface area contributed by atoms with E-state index in [9.17, 15) is 4.79 Å². The van der Waals surface area contributed by atoms with E-state index in [1.54, 1.807) is 18.4 Å². The Bertz CT molecular complexity index is 684. The zero-order chi connectivity index (χ0) is 16.9. The van der Waals surface area contributed by atoms with Gasteiger partial charge in [0.2, 0.25) is 5.91 Å². The topological polar surface area (TPSA) is 73.6 Å². The molecule has 1 aliphatic heterocycles. The van der Waals surface area contributed by atoms with E-state index in [-0.39, 0.29) is 18.1 Å². The largest absolute Gasteiger partial charge is 0.497 e. The lowest BCUT2D eigenvalue weighted by Gasteiger charge is -2.12. The van der Waals surface area contributed by atoms with Crippen molar-refractivity contribution in [2.24, 2.45) is 5.73 Å². The van der Waals surface area contributed by atoms with E-state index in [0.717, 1.165) is 29.0 Å². The van der Waals surface area contributed by atoms with Crippen LogP contribution in [0.4, 0.5) is 0 Å². The summed E-state index contributed by atoms with van der Waals surface area (Å²) in [7, 11) is 1.66. The third kappa shape index (κ3) is 3.95. The Labute approximate surface area is 145 Å². The summed E-state index contributed by atoms with van der Waals surface area (Å²) in [5.74, 6) is 0.792. The standard InChI is InChI=1S/C18H22N2O3S/c1-22-13-4-2-12(3-5-13)17-9-7-15(24-17)11-20-18(21)16-8-6-14(10-19)23-16/h2-5,7,9,14,16H,6,8,10-11,19H2,1H3,(H,20,21)/t14-,16+/m1/s1. The SMILES string of the molecule is COc1ccc(-c2ccc(CNC(=O)[C@@H]3CC[C@H](CN)O3)s2)cc1. The average Bonchev–Trinajstić information content (AvgIpc) is 3.29. The van der Waals surface area contributed by atoms with Gasteiger partial charge in [0, 0.05) is 16.3 Å². The van der Waals surface area contributed by atoms with Crippen LogP contribution in [0.15, 0.2) is 36.4 Å². The Balaban J connectivity index is 1.55. The maximum Gasteiger partial charge on any atom is 0.249 e. The third-order valence-electron chi connectivity index (χ3n) is 4.14. The van der Waals surface area contributed by atoms with Crippen molar-refractivity contribution >= 4 is 17.2 Å². The van der Waals surface area contributed by atoms with Crippen LogP contribution in [0.1, 0.15) is 17.7 Å². The van der Waals surface area contributed by atoms with E-state index in [0.29, 0.717) is 13.1 Å². The van der Waals surface area contributed by atoms with Crippen molar-refractivity contribution in [2.75, 3.05) is 13.7 Å². The molecule has 0 saturated carbocycles. The number of methoxy groups -OCH3 is 1. The van der Waals surface area contributed by atoms with E-state index in [4.69, 9.17) is 15.2 Å². The molecule has 1 fully saturated rings. The number of rotatable bonds is 6. The van der Waals surface area contributed by atoms with Crippen LogP contribution >= 0.6 is 11.3 Å².